The Morgan fingerprint density at radius 3 is 2.96 bits per heavy atom. The summed E-state index contributed by atoms with van der Waals surface area (Å²) in [7, 11) is 1.35. The number of amides is 2. The first-order valence-electron chi connectivity index (χ1n) is 6.86. The van der Waals surface area contributed by atoms with E-state index in [0.29, 0.717) is 35.0 Å². The maximum Gasteiger partial charge on any atom is 0.409 e. The van der Waals surface area contributed by atoms with Crippen molar-refractivity contribution < 1.29 is 14.3 Å². The highest BCUT2D eigenvalue weighted by atomic mass is 32.1. The number of nitrogens with one attached hydrogen (secondary N) is 1. The highest BCUT2D eigenvalue weighted by molar-refractivity contribution is 7.17. The van der Waals surface area contributed by atoms with Gasteiger partial charge in [-0.05, 0) is 23.4 Å². The number of carbonyl (C=O) groups excluding carboxylic acids is 2. The van der Waals surface area contributed by atoms with Gasteiger partial charge in [0.15, 0.2) is 0 Å². The molecule has 1 N–H and O–H groups in total. The summed E-state index contributed by atoms with van der Waals surface area (Å²) in [5.74, 6) is -0.222. The van der Waals surface area contributed by atoms with Gasteiger partial charge < -0.3 is 15.0 Å². The summed E-state index contributed by atoms with van der Waals surface area (Å²) in [5.41, 5.74) is 1.42. The highest BCUT2D eigenvalue weighted by Crippen LogP contribution is 2.37. The largest absolute Gasteiger partial charge is 0.453 e. The summed E-state index contributed by atoms with van der Waals surface area (Å²) >= 11 is 2.69. The lowest BCUT2D eigenvalue weighted by atomic mass is 10.0. The monoisotopic (exact) mass is 347 g/mol. The number of anilines is 1. The number of hydrogen-bond acceptors (Lipinski definition) is 6. The minimum absolute atomic E-state index is 0.222. The van der Waals surface area contributed by atoms with Crippen LogP contribution in [-0.2, 0) is 17.7 Å². The van der Waals surface area contributed by atoms with Gasteiger partial charge in [-0.2, -0.15) is 5.26 Å². The van der Waals surface area contributed by atoms with E-state index in [1.165, 1.54) is 29.8 Å². The quantitative estimate of drug-likeness (QED) is 0.905. The molecule has 2 aromatic heterocycles. The number of nitriles is 1. The molecule has 0 radical (unpaired) electrons. The van der Waals surface area contributed by atoms with Crippen LogP contribution in [0.15, 0.2) is 17.5 Å². The second-order valence-electron chi connectivity index (χ2n) is 4.89. The first-order chi connectivity index (χ1) is 11.1. The van der Waals surface area contributed by atoms with E-state index >= 15 is 0 Å². The lowest BCUT2D eigenvalue weighted by molar-refractivity contribution is 0.103. The molecule has 0 aromatic carbocycles. The second-order valence-corrected chi connectivity index (χ2v) is 6.95. The highest BCUT2D eigenvalue weighted by Gasteiger charge is 2.28. The fourth-order valence-electron chi connectivity index (χ4n) is 2.47. The van der Waals surface area contributed by atoms with Crippen LogP contribution in [0.3, 0.4) is 0 Å². The molecule has 118 valence electrons. The van der Waals surface area contributed by atoms with Crippen molar-refractivity contribution in [2.45, 2.75) is 13.0 Å². The van der Waals surface area contributed by atoms with E-state index in [9.17, 15) is 14.9 Å². The Morgan fingerprint density at radius 1 is 1.48 bits per heavy atom. The van der Waals surface area contributed by atoms with Crippen molar-refractivity contribution in [3.63, 3.8) is 0 Å². The second kappa shape index (κ2) is 6.40. The molecule has 0 saturated heterocycles. The van der Waals surface area contributed by atoms with Gasteiger partial charge in [-0.1, -0.05) is 6.07 Å². The van der Waals surface area contributed by atoms with Gasteiger partial charge >= 0.3 is 6.09 Å². The van der Waals surface area contributed by atoms with Gasteiger partial charge in [-0.3, -0.25) is 4.79 Å². The van der Waals surface area contributed by atoms with Crippen LogP contribution >= 0.6 is 22.7 Å². The maximum atomic E-state index is 12.2. The van der Waals surface area contributed by atoms with Gasteiger partial charge in [0, 0.05) is 11.4 Å². The molecule has 0 aliphatic carbocycles. The minimum atomic E-state index is -0.383. The maximum absolute atomic E-state index is 12.2. The van der Waals surface area contributed by atoms with Crippen molar-refractivity contribution in [1.82, 2.24) is 4.90 Å². The Hall–Kier alpha value is -2.37. The van der Waals surface area contributed by atoms with E-state index in [2.05, 4.69) is 11.4 Å². The Bertz CT molecular complexity index is 790. The molecule has 23 heavy (non-hydrogen) atoms. The van der Waals surface area contributed by atoms with Gasteiger partial charge in [0.1, 0.15) is 11.1 Å². The molecular weight excluding hydrogens is 334 g/mol. The number of fused-ring (bicyclic) bond motifs is 1. The molecular formula is C15H13N3O3S2. The predicted octanol–water partition coefficient (Wildman–Crippen LogP) is 3.06. The molecule has 0 spiro atoms. The molecule has 0 fully saturated rings. The number of thiophene rings is 2. The molecule has 6 nitrogen and oxygen atoms in total. The molecule has 3 rings (SSSR count). The molecule has 1 aliphatic rings. The fraction of sp³-hybridized carbons (Fsp3) is 0.267. The van der Waals surface area contributed by atoms with Crippen molar-refractivity contribution in [2.24, 2.45) is 0 Å². The van der Waals surface area contributed by atoms with E-state index in [4.69, 9.17) is 4.74 Å². The minimum Gasteiger partial charge on any atom is -0.453 e. The third-order valence-corrected chi connectivity index (χ3v) is 5.57. The number of ether oxygens (including phenoxy) is 1. The van der Waals surface area contributed by atoms with E-state index < -0.39 is 0 Å². The van der Waals surface area contributed by atoms with E-state index in [1.54, 1.807) is 17.0 Å². The van der Waals surface area contributed by atoms with Crippen LogP contribution in [0, 0.1) is 11.3 Å². The van der Waals surface area contributed by atoms with Gasteiger partial charge in [-0.25, -0.2) is 4.79 Å². The van der Waals surface area contributed by atoms with E-state index in [1.807, 2.05) is 5.38 Å². The van der Waals surface area contributed by atoms with Crippen molar-refractivity contribution >= 4 is 39.7 Å². The number of carbonyl (C=O) groups is 2. The molecule has 3 heterocycles. The third-order valence-electron chi connectivity index (χ3n) is 3.57. The Balaban J connectivity index is 1.86. The summed E-state index contributed by atoms with van der Waals surface area (Å²) in [6.07, 6.45) is 0.199. The molecule has 0 atom stereocenters. The van der Waals surface area contributed by atoms with Crippen LogP contribution < -0.4 is 5.32 Å². The van der Waals surface area contributed by atoms with Gasteiger partial charge in [-0.15, -0.1) is 22.7 Å². The molecule has 2 amide bonds. The zero-order chi connectivity index (χ0) is 16.4. The molecule has 8 heteroatoms. The number of methoxy groups -OCH3 is 1. The molecule has 0 unspecified atom stereocenters. The van der Waals surface area contributed by atoms with Crippen LogP contribution in [0.25, 0.3) is 0 Å². The zero-order valence-electron chi connectivity index (χ0n) is 12.3. The number of hydrogen-bond donors (Lipinski definition) is 1. The van der Waals surface area contributed by atoms with Crippen LogP contribution in [0.1, 0.15) is 25.7 Å². The summed E-state index contributed by atoms with van der Waals surface area (Å²) in [6, 6.07) is 5.72. The van der Waals surface area contributed by atoms with E-state index in [0.717, 1.165) is 10.4 Å². The number of nitrogens with zero attached hydrogens (tertiary/aromatic N) is 2. The average Bonchev–Trinajstić information content (AvgIpc) is 3.20. The number of rotatable bonds is 2. The van der Waals surface area contributed by atoms with Gasteiger partial charge in [0.05, 0.1) is 24.1 Å². The Labute approximate surface area is 140 Å². The summed E-state index contributed by atoms with van der Waals surface area (Å²) in [5, 5.41) is 14.6. The lowest BCUT2D eigenvalue weighted by Gasteiger charge is -2.25. The first-order valence-corrected chi connectivity index (χ1v) is 8.56. The Morgan fingerprint density at radius 2 is 2.30 bits per heavy atom. The normalized spacial score (nSPS) is 13.1. The molecule has 0 bridgehead atoms. The fourth-order valence-corrected chi connectivity index (χ4v) is 4.29. The van der Waals surface area contributed by atoms with Crippen molar-refractivity contribution in [3.8, 4) is 6.07 Å². The van der Waals surface area contributed by atoms with Crippen LogP contribution in [0.4, 0.5) is 9.80 Å². The zero-order valence-corrected chi connectivity index (χ0v) is 13.9. The van der Waals surface area contributed by atoms with Crippen LogP contribution in [-0.4, -0.2) is 30.6 Å². The van der Waals surface area contributed by atoms with Gasteiger partial charge in [0.2, 0.25) is 0 Å². The van der Waals surface area contributed by atoms with Gasteiger partial charge in [0.25, 0.3) is 5.91 Å². The molecule has 2 aromatic rings. The summed E-state index contributed by atoms with van der Waals surface area (Å²) < 4.78 is 4.74. The van der Waals surface area contributed by atoms with Crippen molar-refractivity contribution in [1.29, 1.82) is 5.26 Å². The van der Waals surface area contributed by atoms with Crippen LogP contribution in [0.5, 0.6) is 0 Å². The van der Waals surface area contributed by atoms with E-state index in [-0.39, 0.29) is 12.0 Å². The summed E-state index contributed by atoms with van der Waals surface area (Å²) in [4.78, 5) is 26.9. The molecule has 1 aliphatic heterocycles. The Kier molecular flexibility index (Phi) is 4.32. The van der Waals surface area contributed by atoms with Crippen molar-refractivity contribution in [2.75, 3.05) is 19.0 Å². The van der Waals surface area contributed by atoms with Crippen molar-refractivity contribution in [3.05, 3.63) is 38.4 Å². The topological polar surface area (TPSA) is 82.4 Å². The smallest absolute Gasteiger partial charge is 0.409 e. The average molecular weight is 347 g/mol. The van der Waals surface area contributed by atoms with Crippen LogP contribution in [0.2, 0.25) is 0 Å². The predicted molar refractivity (Wildman–Crippen MR) is 87.8 cm³/mol. The lowest BCUT2D eigenvalue weighted by Crippen LogP contribution is -2.35. The standard InChI is InChI=1S/C15H13N3O3S2/c1-21-15(20)18-5-4-9-10(7-16)14(23-12(9)8-18)17-13(19)11-3-2-6-22-11/h2-3,6H,4-5,8H2,1H3,(H,17,19). The molecule has 0 saturated carbocycles. The third kappa shape index (κ3) is 2.93. The summed E-state index contributed by atoms with van der Waals surface area (Å²) in [6.45, 7) is 0.902. The SMILES string of the molecule is COC(=O)N1CCc2c(sc(NC(=O)c3cccs3)c2C#N)C1. The first kappa shape index (κ1) is 15.5.